The fourth-order valence-electron chi connectivity index (χ4n) is 2.32. The molecule has 2 rings (SSSR count). The topological polar surface area (TPSA) is 46.3 Å². The first-order valence-electron chi connectivity index (χ1n) is 5.21. The Morgan fingerprint density at radius 1 is 1.40 bits per heavy atom. The van der Waals surface area contributed by atoms with Crippen LogP contribution in [0.4, 0.5) is 11.4 Å². The van der Waals surface area contributed by atoms with Crippen molar-refractivity contribution in [2.24, 2.45) is 0 Å². The molecule has 0 aliphatic carbocycles. The van der Waals surface area contributed by atoms with Crippen LogP contribution in [0.15, 0.2) is 18.2 Å². The normalized spacial score (nSPS) is 24.1. The van der Waals surface area contributed by atoms with Gasteiger partial charge in [0.25, 0.3) is 0 Å². The van der Waals surface area contributed by atoms with Gasteiger partial charge >= 0.3 is 0 Å². The van der Waals surface area contributed by atoms with Crippen LogP contribution < -0.4 is 10.6 Å². The molecule has 0 spiro atoms. The van der Waals surface area contributed by atoms with Gasteiger partial charge < -0.3 is 10.6 Å². The summed E-state index contributed by atoms with van der Waals surface area (Å²) in [6, 6.07) is 5.98. The van der Waals surface area contributed by atoms with Gasteiger partial charge in [-0.25, -0.2) is 0 Å². The number of hydrogen-bond donors (Lipinski definition) is 1. The van der Waals surface area contributed by atoms with Crippen LogP contribution in [0.1, 0.15) is 32.3 Å². The molecular formula is C12H16N2O. The summed E-state index contributed by atoms with van der Waals surface area (Å²) >= 11 is 0. The Morgan fingerprint density at radius 3 is 2.67 bits per heavy atom. The van der Waals surface area contributed by atoms with Crippen LogP contribution in [0.2, 0.25) is 0 Å². The molecule has 1 aliphatic rings. The van der Waals surface area contributed by atoms with Gasteiger partial charge in [0.1, 0.15) is 0 Å². The molecule has 1 amide bonds. The molecule has 1 aromatic rings. The van der Waals surface area contributed by atoms with Gasteiger partial charge in [0.15, 0.2) is 0 Å². The predicted molar refractivity (Wildman–Crippen MR) is 61.9 cm³/mol. The number of nitrogens with zero attached hydrogens (tertiary/aromatic N) is 1. The van der Waals surface area contributed by atoms with Crippen LogP contribution in [0.25, 0.3) is 0 Å². The van der Waals surface area contributed by atoms with Crippen LogP contribution in [0.3, 0.4) is 0 Å². The number of carbonyl (C=O) groups is 1. The van der Waals surface area contributed by atoms with E-state index in [1.165, 1.54) is 5.56 Å². The van der Waals surface area contributed by atoms with Crippen molar-refractivity contribution in [3.05, 3.63) is 23.8 Å². The predicted octanol–water partition coefficient (Wildman–Crippen LogP) is 2.13. The van der Waals surface area contributed by atoms with Crippen LogP contribution >= 0.6 is 0 Å². The molecule has 15 heavy (non-hydrogen) atoms. The lowest BCUT2D eigenvalue weighted by Gasteiger charge is -2.22. The average Bonchev–Trinajstić information content (AvgIpc) is 2.41. The second-order valence-electron chi connectivity index (χ2n) is 4.24. The first kappa shape index (κ1) is 10.0. The Hall–Kier alpha value is -1.51. The highest BCUT2D eigenvalue weighted by Gasteiger charge is 2.34. The summed E-state index contributed by atoms with van der Waals surface area (Å²) in [5.41, 5.74) is 8.71. The van der Waals surface area contributed by atoms with E-state index in [0.717, 1.165) is 11.4 Å². The average molecular weight is 204 g/mol. The summed E-state index contributed by atoms with van der Waals surface area (Å²) in [4.78, 5) is 13.4. The van der Waals surface area contributed by atoms with E-state index in [-0.39, 0.29) is 11.9 Å². The smallest absolute Gasteiger partial charge is 0.224 e. The number of amides is 1. The molecule has 0 aromatic heterocycles. The quantitative estimate of drug-likeness (QED) is 0.658. The van der Waals surface area contributed by atoms with E-state index >= 15 is 0 Å². The summed E-state index contributed by atoms with van der Waals surface area (Å²) in [5, 5.41) is 0. The molecule has 1 aromatic carbocycles. The van der Waals surface area contributed by atoms with Crippen molar-refractivity contribution >= 4 is 17.3 Å². The van der Waals surface area contributed by atoms with E-state index in [1.54, 1.807) is 6.92 Å². The largest absolute Gasteiger partial charge is 0.399 e. The van der Waals surface area contributed by atoms with Gasteiger partial charge in [-0.05, 0) is 30.7 Å². The molecular weight excluding hydrogens is 188 g/mol. The molecule has 0 bridgehead atoms. The van der Waals surface area contributed by atoms with Crippen molar-refractivity contribution in [1.29, 1.82) is 0 Å². The second kappa shape index (κ2) is 3.26. The van der Waals surface area contributed by atoms with Crippen LogP contribution in [0.5, 0.6) is 0 Å². The van der Waals surface area contributed by atoms with Crippen molar-refractivity contribution in [2.75, 3.05) is 10.6 Å². The summed E-state index contributed by atoms with van der Waals surface area (Å²) < 4.78 is 0. The van der Waals surface area contributed by atoms with Crippen LogP contribution in [0, 0.1) is 0 Å². The Bertz CT molecular complexity index is 414. The molecule has 2 unspecified atom stereocenters. The fraction of sp³-hybridized carbons (Fsp3) is 0.417. The van der Waals surface area contributed by atoms with Crippen LogP contribution in [-0.2, 0) is 4.79 Å². The monoisotopic (exact) mass is 204 g/mol. The van der Waals surface area contributed by atoms with Gasteiger partial charge in [0, 0.05) is 30.3 Å². The lowest BCUT2D eigenvalue weighted by molar-refractivity contribution is -0.116. The molecule has 1 aliphatic heterocycles. The number of nitrogen functional groups attached to an aromatic ring is 1. The third kappa shape index (κ3) is 1.39. The zero-order chi connectivity index (χ0) is 11.2. The lowest BCUT2D eigenvalue weighted by atomic mass is 9.98. The molecule has 3 nitrogen and oxygen atoms in total. The number of nitrogens with two attached hydrogens (primary N) is 1. The maximum absolute atomic E-state index is 11.5. The molecule has 0 saturated heterocycles. The van der Waals surface area contributed by atoms with E-state index in [2.05, 4.69) is 13.8 Å². The Balaban J connectivity index is 2.55. The minimum atomic E-state index is 0.0953. The highest BCUT2D eigenvalue weighted by Crippen LogP contribution is 2.41. The second-order valence-corrected chi connectivity index (χ2v) is 4.24. The summed E-state index contributed by atoms with van der Waals surface area (Å²) in [6.45, 7) is 5.81. The molecule has 2 N–H and O–H groups in total. The molecule has 0 fully saturated rings. The van der Waals surface area contributed by atoms with E-state index < -0.39 is 0 Å². The molecule has 1 heterocycles. The number of carbonyl (C=O) groups excluding carboxylic acids is 1. The highest BCUT2D eigenvalue weighted by molar-refractivity contribution is 5.95. The number of fused-ring (bicyclic) bond motifs is 1. The molecule has 0 radical (unpaired) electrons. The molecule has 80 valence electrons. The summed E-state index contributed by atoms with van der Waals surface area (Å²) in [6.07, 6.45) is 0. The Kier molecular flexibility index (Phi) is 2.18. The van der Waals surface area contributed by atoms with E-state index in [4.69, 9.17) is 5.73 Å². The van der Waals surface area contributed by atoms with Crippen molar-refractivity contribution in [3.8, 4) is 0 Å². The molecule has 3 heteroatoms. The van der Waals surface area contributed by atoms with Crippen LogP contribution in [-0.4, -0.2) is 11.9 Å². The number of benzene rings is 1. The van der Waals surface area contributed by atoms with Gasteiger partial charge in [-0.3, -0.25) is 4.79 Å². The Labute approximate surface area is 89.9 Å². The lowest BCUT2D eigenvalue weighted by Crippen LogP contribution is -2.34. The van der Waals surface area contributed by atoms with Crippen molar-refractivity contribution in [3.63, 3.8) is 0 Å². The zero-order valence-electron chi connectivity index (χ0n) is 9.32. The van der Waals surface area contributed by atoms with Gasteiger partial charge in [0.2, 0.25) is 5.91 Å². The molecule has 0 saturated carbocycles. The van der Waals surface area contributed by atoms with E-state index in [0.29, 0.717) is 5.92 Å². The minimum Gasteiger partial charge on any atom is -0.399 e. The van der Waals surface area contributed by atoms with Crippen molar-refractivity contribution in [1.82, 2.24) is 0 Å². The highest BCUT2D eigenvalue weighted by atomic mass is 16.2. The number of anilines is 2. The maximum Gasteiger partial charge on any atom is 0.224 e. The third-order valence-electron chi connectivity index (χ3n) is 3.27. The van der Waals surface area contributed by atoms with Crippen molar-refractivity contribution in [2.45, 2.75) is 32.7 Å². The SMILES string of the molecule is CC(=O)N1c2ccc(N)cc2C(C)C1C. The fourth-order valence-corrected chi connectivity index (χ4v) is 2.32. The minimum absolute atomic E-state index is 0.0953. The van der Waals surface area contributed by atoms with Gasteiger partial charge in [0.05, 0.1) is 0 Å². The molecule has 2 atom stereocenters. The van der Waals surface area contributed by atoms with Gasteiger partial charge in [-0.1, -0.05) is 6.92 Å². The standard InChI is InChI=1S/C12H16N2O/c1-7-8(2)14(9(3)15)12-5-4-10(13)6-11(7)12/h4-8H,13H2,1-3H3. The number of hydrogen-bond acceptors (Lipinski definition) is 2. The van der Waals surface area contributed by atoms with Gasteiger partial charge in [-0.2, -0.15) is 0 Å². The number of rotatable bonds is 0. The first-order chi connectivity index (χ1) is 7.02. The maximum atomic E-state index is 11.5. The summed E-state index contributed by atoms with van der Waals surface area (Å²) in [7, 11) is 0. The van der Waals surface area contributed by atoms with Crippen molar-refractivity contribution < 1.29 is 4.79 Å². The van der Waals surface area contributed by atoms with Gasteiger partial charge in [-0.15, -0.1) is 0 Å². The van der Waals surface area contributed by atoms with E-state index in [1.807, 2.05) is 23.1 Å². The zero-order valence-corrected chi connectivity index (χ0v) is 9.32. The Morgan fingerprint density at radius 2 is 2.07 bits per heavy atom. The van der Waals surface area contributed by atoms with E-state index in [9.17, 15) is 4.79 Å². The third-order valence-corrected chi connectivity index (χ3v) is 3.27. The first-order valence-corrected chi connectivity index (χ1v) is 5.21. The summed E-state index contributed by atoms with van der Waals surface area (Å²) in [5.74, 6) is 0.449.